The number of nitrogen functional groups attached to an aromatic ring is 1. The Labute approximate surface area is 129 Å². The summed E-state index contributed by atoms with van der Waals surface area (Å²) in [5.41, 5.74) is 11.5. The average Bonchev–Trinajstić information content (AvgIpc) is 2.44. The van der Waals surface area contributed by atoms with E-state index in [1.54, 1.807) is 11.8 Å². The summed E-state index contributed by atoms with van der Waals surface area (Å²) in [6, 6.07) is 16.7. The van der Waals surface area contributed by atoms with Crippen LogP contribution in [0.4, 0.5) is 5.69 Å². The van der Waals surface area contributed by atoms with E-state index >= 15 is 0 Å². The number of anilines is 1. The van der Waals surface area contributed by atoms with Crippen molar-refractivity contribution < 1.29 is 0 Å². The second kappa shape index (κ2) is 5.78. The number of thioether (sulfide) groups is 1. The molecule has 0 saturated heterocycles. The summed E-state index contributed by atoms with van der Waals surface area (Å²) >= 11 is 1.77. The van der Waals surface area contributed by atoms with Crippen LogP contribution in [0.15, 0.2) is 53.6 Å². The molecule has 0 aliphatic carbocycles. The lowest BCUT2D eigenvalue weighted by molar-refractivity contribution is 1.18. The van der Waals surface area contributed by atoms with Gasteiger partial charge in [-0.25, -0.2) is 4.98 Å². The quantitative estimate of drug-likeness (QED) is 0.561. The van der Waals surface area contributed by atoms with Crippen molar-refractivity contribution in [3.8, 4) is 0 Å². The lowest BCUT2D eigenvalue weighted by Gasteiger charge is -2.06. The van der Waals surface area contributed by atoms with Crippen LogP contribution >= 0.6 is 11.8 Å². The van der Waals surface area contributed by atoms with Gasteiger partial charge in [0.05, 0.1) is 10.5 Å². The van der Waals surface area contributed by atoms with Gasteiger partial charge in [-0.2, -0.15) is 0 Å². The van der Waals surface area contributed by atoms with Gasteiger partial charge in [-0.05, 0) is 43.7 Å². The molecule has 0 aliphatic rings. The SMILES string of the molecule is Cc1cc(C)cc(CSc2ccc3cc(N)ccc3n2)c1. The fourth-order valence-electron chi connectivity index (χ4n) is 2.52. The molecular formula is C18H18N2S. The number of rotatable bonds is 3. The Morgan fingerprint density at radius 1 is 0.952 bits per heavy atom. The van der Waals surface area contributed by atoms with Gasteiger partial charge < -0.3 is 5.73 Å². The minimum absolute atomic E-state index is 0.778. The van der Waals surface area contributed by atoms with E-state index < -0.39 is 0 Å². The van der Waals surface area contributed by atoms with Gasteiger partial charge in [0.25, 0.3) is 0 Å². The van der Waals surface area contributed by atoms with E-state index in [0.29, 0.717) is 0 Å². The van der Waals surface area contributed by atoms with Crippen LogP contribution in [0.25, 0.3) is 10.9 Å². The predicted molar refractivity (Wildman–Crippen MR) is 91.6 cm³/mol. The number of benzene rings is 2. The first kappa shape index (κ1) is 14.0. The summed E-state index contributed by atoms with van der Waals surface area (Å²) in [7, 11) is 0. The molecule has 3 heteroatoms. The number of aromatic nitrogens is 1. The molecule has 0 unspecified atom stereocenters. The Bertz CT molecular complexity index is 776. The number of fused-ring (bicyclic) bond motifs is 1. The van der Waals surface area contributed by atoms with Crippen LogP contribution in [0, 0.1) is 13.8 Å². The number of hydrogen-bond donors (Lipinski definition) is 1. The van der Waals surface area contributed by atoms with Gasteiger partial charge in [-0.3, -0.25) is 0 Å². The standard InChI is InChI=1S/C18H18N2S/c1-12-7-13(2)9-14(8-12)11-21-18-6-3-15-10-16(19)4-5-17(15)20-18/h3-10H,11,19H2,1-2H3. The molecule has 0 saturated carbocycles. The highest BCUT2D eigenvalue weighted by Crippen LogP contribution is 2.25. The molecule has 1 heterocycles. The van der Waals surface area contributed by atoms with Crippen molar-refractivity contribution >= 4 is 28.4 Å². The van der Waals surface area contributed by atoms with Gasteiger partial charge in [0.2, 0.25) is 0 Å². The van der Waals surface area contributed by atoms with Crippen molar-refractivity contribution in [2.24, 2.45) is 0 Å². The van der Waals surface area contributed by atoms with Gasteiger partial charge in [0.1, 0.15) is 0 Å². The normalized spacial score (nSPS) is 11.0. The van der Waals surface area contributed by atoms with E-state index in [1.807, 2.05) is 18.2 Å². The zero-order chi connectivity index (χ0) is 14.8. The second-order valence-electron chi connectivity index (χ2n) is 5.39. The van der Waals surface area contributed by atoms with Crippen LogP contribution < -0.4 is 5.73 Å². The topological polar surface area (TPSA) is 38.9 Å². The maximum absolute atomic E-state index is 5.79. The Hall–Kier alpha value is -2.00. The average molecular weight is 294 g/mol. The van der Waals surface area contributed by atoms with Crippen LogP contribution in [-0.4, -0.2) is 4.98 Å². The van der Waals surface area contributed by atoms with Crippen molar-refractivity contribution in [3.63, 3.8) is 0 Å². The predicted octanol–water partition coefficient (Wildman–Crippen LogP) is 4.73. The van der Waals surface area contributed by atoms with Crippen LogP contribution in [-0.2, 0) is 5.75 Å². The van der Waals surface area contributed by atoms with Crippen molar-refractivity contribution in [2.75, 3.05) is 5.73 Å². The fraction of sp³-hybridized carbons (Fsp3) is 0.167. The second-order valence-corrected chi connectivity index (χ2v) is 6.38. The molecule has 106 valence electrons. The van der Waals surface area contributed by atoms with E-state index in [-0.39, 0.29) is 0 Å². The molecule has 0 atom stereocenters. The molecule has 0 amide bonds. The summed E-state index contributed by atoms with van der Waals surface area (Å²) in [5, 5.41) is 2.14. The maximum atomic E-state index is 5.79. The molecule has 0 fully saturated rings. The highest BCUT2D eigenvalue weighted by molar-refractivity contribution is 7.98. The third kappa shape index (κ3) is 3.37. The molecule has 1 aromatic heterocycles. The summed E-state index contributed by atoms with van der Waals surface area (Å²) in [4.78, 5) is 4.68. The van der Waals surface area contributed by atoms with Gasteiger partial charge >= 0.3 is 0 Å². The molecule has 3 rings (SSSR count). The molecule has 3 aromatic rings. The highest BCUT2D eigenvalue weighted by atomic mass is 32.2. The van der Waals surface area contributed by atoms with E-state index in [2.05, 4.69) is 49.2 Å². The molecule has 0 aliphatic heterocycles. The Morgan fingerprint density at radius 2 is 1.71 bits per heavy atom. The van der Waals surface area contributed by atoms with Crippen LogP contribution in [0.2, 0.25) is 0 Å². The molecule has 2 N–H and O–H groups in total. The number of nitrogens with zero attached hydrogens (tertiary/aromatic N) is 1. The first-order valence-corrected chi connectivity index (χ1v) is 7.95. The minimum atomic E-state index is 0.778. The highest BCUT2D eigenvalue weighted by Gasteiger charge is 2.02. The molecule has 2 nitrogen and oxygen atoms in total. The third-order valence-electron chi connectivity index (χ3n) is 3.36. The third-order valence-corrected chi connectivity index (χ3v) is 4.36. The number of aryl methyl sites for hydroxylation is 2. The lowest BCUT2D eigenvalue weighted by atomic mass is 10.1. The van der Waals surface area contributed by atoms with Crippen LogP contribution in [0.3, 0.4) is 0 Å². The summed E-state index contributed by atoms with van der Waals surface area (Å²) in [6.45, 7) is 4.28. The Morgan fingerprint density at radius 3 is 2.48 bits per heavy atom. The lowest BCUT2D eigenvalue weighted by Crippen LogP contribution is -1.88. The van der Waals surface area contributed by atoms with Crippen molar-refractivity contribution in [3.05, 3.63) is 65.2 Å². The number of hydrogen-bond acceptors (Lipinski definition) is 3. The van der Waals surface area contributed by atoms with Gasteiger partial charge in [0, 0.05) is 16.8 Å². The van der Waals surface area contributed by atoms with Crippen molar-refractivity contribution in [2.45, 2.75) is 24.6 Å². The monoisotopic (exact) mass is 294 g/mol. The fourth-order valence-corrected chi connectivity index (χ4v) is 3.32. The maximum Gasteiger partial charge on any atom is 0.0970 e. The largest absolute Gasteiger partial charge is 0.399 e. The Balaban J connectivity index is 1.80. The summed E-state index contributed by atoms with van der Waals surface area (Å²) in [6.07, 6.45) is 0. The molecule has 0 bridgehead atoms. The van der Waals surface area contributed by atoms with E-state index in [9.17, 15) is 0 Å². The first-order chi connectivity index (χ1) is 10.1. The number of nitrogens with two attached hydrogens (primary N) is 1. The van der Waals surface area contributed by atoms with Crippen LogP contribution in [0.5, 0.6) is 0 Å². The Kier molecular flexibility index (Phi) is 3.84. The molecule has 2 aromatic carbocycles. The number of pyridine rings is 1. The van der Waals surface area contributed by atoms with Gasteiger partial charge in [-0.1, -0.05) is 35.4 Å². The van der Waals surface area contributed by atoms with Gasteiger partial charge in [0.15, 0.2) is 0 Å². The summed E-state index contributed by atoms with van der Waals surface area (Å²) in [5.74, 6) is 0.940. The van der Waals surface area contributed by atoms with E-state index in [4.69, 9.17) is 5.73 Å². The van der Waals surface area contributed by atoms with Crippen LogP contribution in [0.1, 0.15) is 16.7 Å². The molecular weight excluding hydrogens is 276 g/mol. The van der Waals surface area contributed by atoms with E-state index in [0.717, 1.165) is 27.4 Å². The minimum Gasteiger partial charge on any atom is -0.399 e. The first-order valence-electron chi connectivity index (χ1n) is 6.96. The van der Waals surface area contributed by atoms with E-state index in [1.165, 1.54) is 16.7 Å². The smallest absolute Gasteiger partial charge is 0.0970 e. The van der Waals surface area contributed by atoms with Crippen molar-refractivity contribution in [1.82, 2.24) is 4.98 Å². The zero-order valence-corrected chi connectivity index (χ0v) is 13.1. The summed E-state index contributed by atoms with van der Waals surface area (Å²) < 4.78 is 0. The molecule has 0 radical (unpaired) electrons. The zero-order valence-electron chi connectivity index (χ0n) is 12.3. The van der Waals surface area contributed by atoms with Gasteiger partial charge in [-0.15, -0.1) is 11.8 Å². The molecule has 21 heavy (non-hydrogen) atoms. The molecule has 0 spiro atoms. The van der Waals surface area contributed by atoms with Crippen molar-refractivity contribution in [1.29, 1.82) is 0 Å².